The molecule has 3 aromatic rings. The number of nitrogens with one attached hydrogen (secondary N) is 3. The van der Waals surface area contributed by atoms with Crippen LogP contribution >= 0.6 is 11.3 Å². The highest BCUT2D eigenvalue weighted by Crippen LogP contribution is 2.26. The van der Waals surface area contributed by atoms with Gasteiger partial charge in [0, 0.05) is 36.9 Å². The van der Waals surface area contributed by atoms with Crippen LogP contribution in [0.2, 0.25) is 0 Å². The van der Waals surface area contributed by atoms with Crippen LogP contribution < -0.4 is 10.6 Å². The number of aryl methyl sites for hydroxylation is 1. The first-order chi connectivity index (χ1) is 12.6. The molecule has 138 valence electrons. The number of aliphatic imine (C=N–C) groups is 1. The van der Waals surface area contributed by atoms with Gasteiger partial charge in [-0.25, -0.2) is 4.98 Å². The molecular weight excluding hydrogens is 342 g/mol. The number of fused-ring (bicyclic) bond motifs is 1. The van der Waals surface area contributed by atoms with E-state index >= 15 is 0 Å². The quantitative estimate of drug-likeness (QED) is 0.338. The first-order valence-electron chi connectivity index (χ1n) is 9.00. The molecule has 0 aliphatic heterocycles. The minimum Gasteiger partial charge on any atom is -0.356 e. The van der Waals surface area contributed by atoms with Crippen LogP contribution in [0.1, 0.15) is 31.0 Å². The maximum Gasteiger partial charge on any atom is 0.191 e. The molecule has 5 nitrogen and oxygen atoms in total. The number of hydrogen-bond donors (Lipinski definition) is 3. The predicted octanol–water partition coefficient (Wildman–Crippen LogP) is 3.70. The van der Waals surface area contributed by atoms with Gasteiger partial charge in [0.1, 0.15) is 5.82 Å². The Morgan fingerprint density at radius 3 is 2.77 bits per heavy atom. The van der Waals surface area contributed by atoms with Crippen molar-refractivity contribution in [1.82, 2.24) is 20.6 Å². The van der Waals surface area contributed by atoms with E-state index in [0.717, 1.165) is 48.7 Å². The molecular formula is C20H27N5S. The van der Waals surface area contributed by atoms with Crippen molar-refractivity contribution < 1.29 is 0 Å². The number of hydrogen-bond acceptors (Lipinski definition) is 3. The molecule has 26 heavy (non-hydrogen) atoms. The lowest BCUT2D eigenvalue weighted by Crippen LogP contribution is -2.43. The second-order valence-corrected chi connectivity index (χ2v) is 7.97. The number of thiophene rings is 1. The minimum atomic E-state index is 0.0834. The third kappa shape index (κ3) is 4.64. The number of guanidine groups is 1. The van der Waals surface area contributed by atoms with Gasteiger partial charge in [-0.15, -0.1) is 11.3 Å². The molecule has 0 aliphatic rings. The maximum atomic E-state index is 4.62. The lowest BCUT2D eigenvalue weighted by molar-refractivity contribution is 0.518. The number of aromatic nitrogens is 2. The van der Waals surface area contributed by atoms with Crippen LogP contribution in [0.4, 0.5) is 0 Å². The molecule has 0 saturated carbocycles. The van der Waals surface area contributed by atoms with Crippen molar-refractivity contribution in [3.63, 3.8) is 0 Å². The van der Waals surface area contributed by atoms with E-state index in [4.69, 9.17) is 0 Å². The molecule has 0 atom stereocenters. The molecule has 0 radical (unpaired) electrons. The van der Waals surface area contributed by atoms with Gasteiger partial charge in [0.15, 0.2) is 5.96 Å². The van der Waals surface area contributed by atoms with E-state index in [-0.39, 0.29) is 5.41 Å². The number of benzene rings is 1. The summed E-state index contributed by atoms with van der Waals surface area (Å²) in [6, 6.07) is 12.4. The fourth-order valence-electron chi connectivity index (χ4n) is 2.86. The first kappa shape index (κ1) is 18.5. The van der Waals surface area contributed by atoms with Crippen molar-refractivity contribution in [1.29, 1.82) is 0 Å². The van der Waals surface area contributed by atoms with Crippen molar-refractivity contribution in [2.24, 2.45) is 4.99 Å². The smallest absolute Gasteiger partial charge is 0.191 e. The van der Waals surface area contributed by atoms with Gasteiger partial charge in [0.25, 0.3) is 0 Å². The largest absolute Gasteiger partial charge is 0.356 e. The van der Waals surface area contributed by atoms with Crippen molar-refractivity contribution >= 4 is 28.3 Å². The van der Waals surface area contributed by atoms with Gasteiger partial charge in [0.05, 0.1) is 11.0 Å². The lowest BCUT2D eigenvalue weighted by Gasteiger charge is -2.25. The zero-order valence-corrected chi connectivity index (χ0v) is 16.5. The highest BCUT2D eigenvalue weighted by Gasteiger charge is 2.21. The fraction of sp³-hybridized carbons (Fsp3) is 0.400. The number of H-pyrrole nitrogens is 1. The SMILES string of the molecule is CN=C(NCCCc1nc2ccccc2[nH]1)NCC(C)(C)c1cccs1. The van der Waals surface area contributed by atoms with Crippen LogP contribution in [0, 0.1) is 0 Å². The molecule has 0 spiro atoms. The Morgan fingerprint density at radius 1 is 1.19 bits per heavy atom. The standard InChI is InChI=1S/C20H27N5S/c1-20(2,17-10-7-13-26-17)14-23-19(21-3)22-12-6-11-18-24-15-8-4-5-9-16(15)25-18/h4-5,7-10,13H,6,11-12,14H2,1-3H3,(H,24,25)(H2,21,22,23). The summed E-state index contributed by atoms with van der Waals surface area (Å²) in [4.78, 5) is 13.7. The maximum absolute atomic E-state index is 4.62. The molecule has 0 unspecified atom stereocenters. The van der Waals surface area contributed by atoms with E-state index in [9.17, 15) is 0 Å². The van der Waals surface area contributed by atoms with Gasteiger partial charge in [-0.1, -0.05) is 32.0 Å². The number of imidazole rings is 1. The molecule has 0 bridgehead atoms. The number of para-hydroxylation sites is 2. The first-order valence-corrected chi connectivity index (χ1v) is 9.88. The summed E-state index contributed by atoms with van der Waals surface area (Å²) in [5, 5.41) is 8.96. The third-order valence-electron chi connectivity index (χ3n) is 4.43. The highest BCUT2D eigenvalue weighted by molar-refractivity contribution is 7.10. The Bertz CT molecular complexity index is 815. The Balaban J connectivity index is 1.43. The van der Waals surface area contributed by atoms with Crippen molar-refractivity contribution in [3.05, 3.63) is 52.5 Å². The average Bonchev–Trinajstić information content (AvgIpc) is 3.30. The topological polar surface area (TPSA) is 65.1 Å². The molecule has 2 heterocycles. The van der Waals surface area contributed by atoms with E-state index in [1.54, 1.807) is 11.3 Å². The van der Waals surface area contributed by atoms with E-state index < -0.39 is 0 Å². The third-order valence-corrected chi connectivity index (χ3v) is 5.67. The Kier molecular flexibility index (Phi) is 5.93. The van der Waals surface area contributed by atoms with Crippen LogP contribution in [-0.4, -0.2) is 36.1 Å². The van der Waals surface area contributed by atoms with Crippen LogP contribution in [0.25, 0.3) is 11.0 Å². The summed E-state index contributed by atoms with van der Waals surface area (Å²) in [6.45, 7) is 6.20. The lowest BCUT2D eigenvalue weighted by atomic mass is 9.91. The summed E-state index contributed by atoms with van der Waals surface area (Å²) in [6.07, 6.45) is 1.91. The molecule has 0 saturated heterocycles. The average molecular weight is 370 g/mol. The van der Waals surface area contributed by atoms with Crippen LogP contribution in [0.3, 0.4) is 0 Å². The summed E-state index contributed by atoms with van der Waals surface area (Å²) >= 11 is 1.80. The minimum absolute atomic E-state index is 0.0834. The monoisotopic (exact) mass is 369 g/mol. The molecule has 0 amide bonds. The van der Waals surface area contributed by atoms with E-state index in [1.807, 2.05) is 25.2 Å². The van der Waals surface area contributed by atoms with Crippen LogP contribution in [0.5, 0.6) is 0 Å². The van der Waals surface area contributed by atoms with Gasteiger partial charge in [0.2, 0.25) is 0 Å². The Labute approximate surface area is 159 Å². The predicted molar refractivity (Wildman–Crippen MR) is 111 cm³/mol. The summed E-state index contributed by atoms with van der Waals surface area (Å²) in [7, 11) is 1.81. The van der Waals surface area contributed by atoms with Crippen molar-refractivity contribution in [3.8, 4) is 0 Å². The summed E-state index contributed by atoms with van der Waals surface area (Å²) in [5.41, 5.74) is 2.22. The van der Waals surface area contributed by atoms with Crippen molar-refractivity contribution in [2.75, 3.05) is 20.1 Å². The zero-order chi connectivity index (χ0) is 18.4. The van der Waals surface area contributed by atoms with Gasteiger partial charge in [-0.2, -0.15) is 0 Å². The summed E-state index contributed by atoms with van der Waals surface area (Å²) in [5.74, 6) is 1.88. The van der Waals surface area contributed by atoms with Gasteiger partial charge < -0.3 is 15.6 Å². The summed E-state index contributed by atoms with van der Waals surface area (Å²) < 4.78 is 0. The van der Waals surface area contributed by atoms with Crippen molar-refractivity contribution in [2.45, 2.75) is 32.1 Å². The normalized spacial score (nSPS) is 12.5. The number of rotatable bonds is 7. The van der Waals surface area contributed by atoms with E-state index in [1.165, 1.54) is 4.88 Å². The molecule has 1 aromatic carbocycles. The Hall–Kier alpha value is -2.34. The van der Waals surface area contributed by atoms with Gasteiger partial charge in [-0.05, 0) is 30.0 Å². The molecule has 0 fully saturated rings. The van der Waals surface area contributed by atoms with E-state index in [0.29, 0.717) is 0 Å². The second kappa shape index (κ2) is 8.36. The van der Waals surface area contributed by atoms with Crippen LogP contribution in [-0.2, 0) is 11.8 Å². The highest BCUT2D eigenvalue weighted by atomic mass is 32.1. The molecule has 6 heteroatoms. The fourth-order valence-corrected chi connectivity index (χ4v) is 3.71. The number of nitrogens with zero attached hydrogens (tertiary/aromatic N) is 2. The van der Waals surface area contributed by atoms with E-state index in [2.05, 4.69) is 63.0 Å². The van der Waals surface area contributed by atoms with Crippen LogP contribution in [0.15, 0.2) is 46.8 Å². The van der Waals surface area contributed by atoms with Gasteiger partial charge in [-0.3, -0.25) is 4.99 Å². The Morgan fingerprint density at radius 2 is 2.04 bits per heavy atom. The van der Waals surface area contributed by atoms with Gasteiger partial charge >= 0.3 is 0 Å². The molecule has 3 N–H and O–H groups in total. The molecule has 2 aromatic heterocycles. The number of aromatic amines is 1. The molecule has 3 rings (SSSR count). The zero-order valence-electron chi connectivity index (χ0n) is 15.7. The second-order valence-electron chi connectivity index (χ2n) is 7.02. The molecule has 0 aliphatic carbocycles.